The summed E-state index contributed by atoms with van der Waals surface area (Å²) in [4.78, 5) is 40.5. The second kappa shape index (κ2) is 12.9. The fourth-order valence-corrected chi connectivity index (χ4v) is 3.37. The first-order chi connectivity index (χ1) is 15.4. The van der Waals surface area contributed by atoms with Gasteiger partial charge in [-0.2, -0.15) is 0 Å². The predicted molar refractivity (Wildman–Crippen MR) is 130 cm³/mol. The van der Waals surface area contributed by atoms with E-state index in [0.717, 1.165) is 19.3 Å². The summed E-state index contributed by atoms with van der Waals surface area (Å²) in [5, 5.41) is 5.59. The normalized spacial score (nSPS) is 12.9. The number of terminal acetylenes is 1. The standard InChI is InChI=1S/C26H39N3O4/c1-9-11-14-17-27-23(30)22(20-16-13-12-15-19(20)10-2)29(8)24(31)21(18(3)4)28-25(32)33-26(5,6)7/h2,12-13,15-16,18,21-22H,9,11,14,17H2,1,3-8H3,(H,27,30)(H,28,32). The number of rotatable bonds is 10. The summed E-state index contributed by atoms with van der Waals surface area (Å²) < 4.78 is 5.33. The van der Waals surface area contributed by atoms with E-state index < -0.39 is 29.7 Å². The monoisotopic (exact) mass is 457 g/mol. The Balaban J connectivity index is 3.24. The smallest absolute Gasteiger partial charge is 0.408 e. The van der Waals surface area contributed by atoms with Crippen molar-refractivity contribution in [2.75, 3.05) is 13.6 Å². The van der Waals surface area contributed by atoms with Crippen LogP contribution in [0.1, 0.15) is 78.0 Å². The van der Waals surface area contributed by atoms with Crippen LogP contribution in [-0.2, 0) is 14.3 Å². The second-order valence-electron chi connectivity index (χ2n) is 9.45. The molecule has 0 aromatic heterocycles. The first-order valence-electron chi connectivity index (χ1n) is 11.5. The molecule has 0 fully saturated rings. The van der Waals surface area contributed by atoms with Gasteiger partial charge in [0.1, 0.15) is 17.7 Å². The number of benzene rings is 1. The summed E-state index contributed by atoms with van der Waals surface area (Å²) in [7, 11) is 1.55. The van der Waals surface area contributed by atoms with Crippen molar-refractivity contribution in [3.05, 3.63) is 35.4 Å². The molecule has 2 unspecified atom stereocenters. The molecule has 0 aliphatic carbocycles. The lowest BCUT2D eigenvalue weighted by Gasteiger charge is -2.33. The molecule has 1 rings (SSSR count). The Morgan fingerprint density at radius 2 is 1.79 bits per heavy atom. The van der Waals surface area contributed by atoms with Crippen LogP contribution in [0.15, 0.2) is 24.3 Å². The van der Waals surface area contributed by atoms with Crippen LogP contribution >= 0.6 is 0 Å². The Kier molecular flexibility index (Phi) is 10.9. The van der Waals surface area contributed by atoms with Crippen LogP contribution < -0.4 is 10.6 Å². The molecule has 7 nitrogen and oxygen atoms in total. The molecule has 0 saturated heterocycles. The maximum absolute atomic E-state index is 13.5. The van der Waals surface area contributed by atoms with Gasteiger partial charge in [-0.1, -0.05) is 57.7 Å². The van der Waals surface area contributed by atoms with Gasteiger partial charge < -0.3 is 20.3 Å². The zero-order valence-electron chi connectivity index (χ0n) is 21.0. The van der Waals surface area contributed by atoms with Crippen molar-refractivity contribution in [3.63, 3.8) is 0 Å². The summed E-state index contributed by atoms with van der Waals surface area (Å²) in [6.45, 7) is 11.5. The molecule has 0 aliphatic heterocycles. The van der Waals surface area contributed by atoms with Crippen LogP contribution in [0.3, 0.4) is 0 Å². The van der Waals surface area contributed by atoms with Gasteiger partial charge in [-0.05, 0) is 44.7 Å². The lowest BCUT2D eigenvalue weighted by Crippen LogP contribution is -2.53. The molecular formula is C26H39N3O4. The van der Waals surface area contributed by atoms with E-state index in [1.807, 2.05) is 13.8 Å². The van der Waals surface area contributed by atoms with Crippen LogP contribution in [0.4, 0.5) is 4.79 Å². The van der Waals surface area contributed by atoms with Crippen LogP contribution in [0.25, 0.3) is 0 Å². The van der Waals surface area contributed by atoms with E-state index in [1.165, 1.54) is 4.90 Å². The van der Waals surface area contributed by atoms with Gasteiger partial charge in [-0.15, -0.1) is 6.42 Å². The van der Waals surface area contributed by atoms with Crippen LogP contribution in [0.2, 0.25) is 0 Å². The van der Waals surface area contributed by atoms with Crippen LogP contribution in [0.5, 0.6) is 0 Å². The molecule has 2 N–H and O–H groups in total. The zero-order chi connectivity index (χ0) is 25.2. The first kappa shape index (κ1) is 28.0. The minimum absolute atomic E-state index is 0.233. The number of hydrogen-bond acceptors (Lipinski definition) is 4. The lowest BCUT2D eigenvalue weighted by molar-refractivity contribution is -0.141. The molecule has 2 atom stereocenters. The minimum Gasteiger partial charge on any atom is -0.444 e. The molecule has 1 aromatic carbocycles. The fourth-order valence-electron chi connectivity index (χ4n) is 3.37. The van der Waals surface area contributed by atoms with Crippen LogP contribution in [-0.4, -0.2) is 48.0 Å². The van der Waals surface area contributed by atoms with E-state index in [1.54, 1.807) is 52.1 Å². The van der Waals surface area contributed by atoms with Crippen LogP contribution in [0, 0.1) is 18.3 Å². The summed E-state index contributed by atoms with van der Waals surface area (Å²) in [6.07, 6.45) is 7.86. The molecule has 0 spiro atoms. The Labute approximate surface area is 198 Å². The first-order valence-corrected chi connectivity index (χ1v) is 11.5. The van der Waals surface area contributed by atoms with Gasteiger partial charge >= 0.3 is 6.09 Å². The summed E-state index contributed by atoms with van der Waals surface area (Å²) in [5.74, 6) is 1.65. The molecule has 3 amide bonds. The van der Waals surface area contributed by atoms with E-state index in [0.29, 0.717) is 17.7 Å². The van der Waals surface area contributed by atoms with Gasteiger partial charge in [0.2, 0.25) is 11.8 Å². The third kappa shape index (κ3) is 8.80. The number of carbonyl (C=O) groups excluding carboxylic acids is 3. The number of ether oxygens (including phenoxy) is 1. The van der Waals surface area contributed by atoms with Crippen molar-refractivity contribution in [1.29, 1.82) is 0 Å². The number of unbranched alkanes of at least 4 members (excludes halogenated alkanes) is 2. The minimum atomic E-state index is -0.937. The summed E-state index contributed by atoms with van der Waals surface area (Å²) in [6, 6.07) is 5.25. The van der Waals surface area contributed by atoms with Gasteiger partial charge in [-0.25, -0.2) is 4.79 Å². The molecule has 7 heteroatoms. The molecular weight excluding hydrogens is 418 g/mol. The highest BCUT2D eigenvalue weighted by molar-refractivity contribution is 5.92. The number of hydrogen-bond donors (Lipinski definition) is 2. The van der Waals surface area contributed by atoms with Gasteiger partial charge in [0.05, 0.1) is 0 Å². The maximum atomic E-state index is 13.5. The van der Waals surface area contributed by atoms with E-state index in [2.05, 4.69) is 23.5 Å². The number of nitrogens with zero attached hydrogens (tertiary/aromatic N) is 1. The van der Waals surface area contributed by atoms with E-state index in [4.69, 9.17) is 11.2 Å². The molecule has 0 radical (unpaired) electrons. The highest BCUT2D eigenvalue weighted by Crippen LogP contribution is 2.25. The highest BCUT2D eigenvalue weighted by atomic mass is 16.6. The second-order valence-corrected chi connectivity index (χ2v) is 9.45. The van der Waals surface area contributed by atoms with E-state index >= 15 is 0 Å². The van der Waals surface area contributed by atoms with Crippen molar-refractivity contribution in [1.82, 2.24) is 15.5 Å². The molecule has 0 saturated carbocycles. The average Bonchev–Trinajstić information content (AvgIpc) is 2.73. The van der Waals surface area contributed by atoms with Gasteiger partial charge in [-0.3, -0.25) is 9.59 Å². The Hall–Kier alpha value is -3.01. The van der Waals surface area contributed by atoms with Gasteiger partial charge in [0, 0.05) is 19.2 Å². The number of likely N-dealkylation sites (N-methyl/N-ethyl adjacent to an activating group) is 1. The van der Waals surface area contributed by atoms with E-state index in [9.17, 15) is 14.4 Å². The molecule has 0 bridgehead atoms. The topological polar surface area (TPSA) is 87.7 Å². The highest BCUT2D eigenvalue weighted by Gasteiger charge is 2.36. The Bertz CT molecular complexity index is 852. The molecule has 0 aliphatic rings. The van der Waals surface area contributed by atoms with Crippen molar-refractivity contribution < 1.29 is 19.1 Å². The van der Waals surface area contributed by atoms with Crippen molar-refractivity contribution in [2.24, 2.45) is 5.92 Å². The fraction of sp³-hybridized carbons (Fsp3) is 0.577. The number of nitrogens with one attached hydrogen (secondary N) is 2. The Morgan fingerprint density at radius 3 is 2.33 bits per heavy atom. The SMILES string of the molecule is C#Cc1ccccc1C(C(=O)NCCCCC)N(C)C(=O)C(NC(=O)OC(C)(C)C)C(C)C. The van der Waals surface area contributed by atoms with Crippen molar-refractivity contribution in [2.45, 2.75) is 78.5 Å². The number of alkyl carbamates (subject to hydrolysis) is 1. The third-order valence-electron chi connectivity index (χ3n) is 5.08. The Morgan fingerprint density at radius 1 is 1.15 bits per heavy atom. The zero-order valence-corrected chi connectivity index (χ0v) is 21.0. The summed E-state index contributed by atoms with van der Waals surface area (Å²) >= 11 is 0. The van der Waals surface area contributed by atoms with Gasteiger partial charge in [0.25, 0.3) is 0 Å². The van der Waals surface area contributed by atoms with E-state index in [-0.39, 0.29) is 11.8 Å². The largest absolute Gasteiger partial charge is 0.444 e. The van der Waals surface area contributed by atoms with Crippen molar-refractivity contribution in [3.8, 4) is 12.3 Å². The molecule has 182 valence electrons. The predicted octanol–water partition coefficient (Wildman–Crippen LogP) is 4.02. The van der Waals surface area contributed by atoms with Crippen molar-refractivity contribution >= 4 is 17.9 Å². The lowest BCUT2D eigenvalue weighted by atomic mass is 9.96. The summed E-state index contributed by atoms with van der Waals surface area (Å²) in [5.41, 5.74) is 0.392. The number of carbonyl (C=O) groups is 3. The number of amides is 3. The molecule has 33 heavy (non-hydrogen) atoms. The molecule has 0 heterocycles. The quantitative estimate of drug-likeness (QED) is 0.410. The third-order valence-corrected chi connectivity index (χ3v) is 5.08. The maximum Gasteiger partial charge on any atom is 0.408 e. The molecule has 1 aromatic rings. The average molecular weight is 458 g/mol. The van der Waals surface area contributed by atoms with Gasteiger partial charge in [0.15, 0.2) is 0 Å².